The van der Waals surface area contributed by atoms with E-state index in [0.29, 0.717) is 0 Å². The van der Waals surface area contributed by atoms with E-state index in [1.807, 2.05) is 20.8 Å². The molecule has 1 N–H and O–H groups in total. The van der Waals surface area contributed by atoms with Crippen LogP contribution in [0.25, 0.3) is 0 Å². The van der Waals surface area contributed by atoms with Crippen LogP contribution in [-0.2, 0) is 14.3 Å². The van der Waals surface area contributed by atoms with E-state index in [2.05, 4.69) is 17.3 Å². The van der Waals surface area contributed by atoms with E-state index >= 15 is 0 Å². The number of carbonyl (C=O) groups is 1. The number of hydrogen-bond acceptors (Lipinski definition) is 5. The normalized spacial score (nSPS) is 14.6. The van der Waals surface area contributed by atoms with Crippen LogP contribution in [0.3, 0.4) is 0 Å². The van der Waals surface area contributed by atoms with Gasteiger partial charge in [-0.15, -0.1) is 0 Å². The number of rotatable bonds is 11. The molecule has 20 heavy (non-hydrogen) atoms. The highest BCUT2D eigenvalue weighted by molar-refractivity contribution is 5.80. The summed E-state index contributed by atoms with van der Waals surface area (Å²) in [7, 11) is 5.26. The molecule has 0 spiro atoms. The lowest BCUT2D eigenvalue weighted by atomic mass is 9.94. The van der Waals surface area contributed by atoms with Crippen LogP contribution in [0, 0.1) is 0 Å². The van der Waals surface area contributed by atoms with Crippen molar-refractivity contribution in [2.45, 2.75) is 51.6 Å². The molecule has 0 amide bonds. The number of nitrogens with zero attached hydrogens (tertiary/aromatic N) is 1. The third-order valence-corrected chi connectivity index (χ3v) is 3.35. The van der Waals surface area contributed by atoms with Crippen molar-refractivity contribution >= 4 is 5.97 Å². The molecular formula is C15H32N2O3. The van der Waals surface area contributed by atoms with Crippen LogP contribution in [-0.4, -0.2) is 63.4 Å². The molecule has 120 valence electrons. The molecule has 5 heteroatoms. The molecular weight excluding hydrogens is 256 g/mol. The van der Waals surface area contributed by atoms with Crippen molar-refractivity contribution in [1.29, 1.82) is 0 Å². The fourth-order valence-corrected chi connectivity index (χ4v) is 2.39. The molecule has 1 atom stereocenters. The Morgan fingerprint density at radius 1 is 1.25 bits per heavy atom. The van der Waals surface area contributed by atoms with Gasteiger partial charge < -0.3 is 14.4 Å². The maximum atomic E-state index is 11.9. The van der Waals surface area contributed by atoms with Crippen LogP contribution < -0.4 is 5.32 Å². The monoisotopic (exact) mass is 288 g/mol. The molecule has 0 fully saturated rings. The maximum absolute atomic E-state index is 11.9. The van der Waals surface area contributed by atoms with E-state index in [1.165, 1.54) is 7.11 Å². The average Bonchev–Trinajstić information content (AvgIpc) is 2.37. The zero-order valence-electron chi connectivity index (χ0n) is 14.0. The van der Waals surface area contributed by atoms with Gasteiger partial charge in [-0.2, -0.15) is 0 Å². The summed E-state index contributed by atoms with van der Waals surface area (Å²) < 4.78 is 9.96. The zero-order valence-corrected chi connectivity index (χ0v) is 14.0. The lowest BCUT2D eigenvalue weighted by Crippen LogP contribution is -2.53. The first-order chi connectivity index (χ1) is 9.35. The highest BCUT2D eigenvalue weighted by atomic mass is 16.5. The molecule has 0 aromatic rings. The van der Waals surface area contributed by atoms with Crippen molar-refractivity contribution in [2.24, 2.45) is 0 Å². The first-order valence-electron chi connectivity index (χ1n) is 7.39. The number of esters is 1. The number of methoxy groups -OCH3 is 2. The van der Waals surface area contributed by atoms with Crippen LogP contribution in [0.15, 0.2) is 0 Å². The Bertz CT molecular complexity index is 272. The molecule has 0 aliphatic heterocycles. The Labute approximate surface area is 124 Å². The zero-order chi connectivity index (χ0) is 15.6. The molecule has 0 aliphatic rings. The second-order valence-corrected chi connectivity index (χ2v) is 5.88. The second-order valence-electron chi connectivity index (χ2n) is 5.88. The fraction of sp³-hybridized carbons (Fsp3) is 0.933. The van der Waals surface area contributed by atoms with Crippen LogP contribution in [0.1, 0.15) is 40.0 Å². The first kappa shape index (κ1) is 19.4. The Hall–Kier alpha value is -0.650. The van der Waals surface area contributed by atoms with Crippen molar-refractivity contribution in [3.8, 4) is 0 Å². The summed E-state index contributed by atoms with van der Waals surface area (Å²) in [5, 5.41) is 3.32. The van der Waals surface area contributed by atoms with E-state index in [9.17, 15) is 4.79 Å². The molecule has 0 rings (SSSR count). The number of ether oxygens (including phenoxy) is 2. The lowest BCUT2D eigenvalue weighted by molar-refractivity contribution is -0.148. The molecule has 0 saturated heterocycles. The minimum Gasteiger partial charge on any atom is -0.468 e. The third-order valence-electron chi connectivity index (χ3n) is 3.35. The van der Waals surface area contributed by atoms with Crippen molar-refractivity contribution in [3.05, 3.63) is 0 Å². The molecule has 0 saturated carbocycles. The Balaban J connectivity index is 4.17. The van der Waals surface area contributed by atoms with Gasteiger partial charge in [0, 0.05) is 26.3 Å². The molecule has 1 unspecified atom stereocenters. The Morgan fingerprint density at radius 2 is 1.85 bits per heavy atom. The third kappa shape index (κ3) is 7.82. The summed E-state index contributed by atoms with van der Waals surface area (Å²) in [6.07, 6.45) is 2.76. The van der Waals surface area contributed by atoms with E-state index in [1.54, 1.807) is 7.11 Å². The summed E-state index contributed by atoms with van der Waals surface area (Å²) >= 11 is 0. The van der Waals surface area contributed by atoms with Crippen molar-refractivity contribution in [1.82, 2.24) is 10.2 Å². The predicted molar refractivity (Wildman–Crippen MR) is 81.9 cm³/mol. The standard InChI is InChI=1S/C15H32N2O3/c1-13(2)16-15(3,14(18)20-6)9-7-10-17(4)11-8-12-19-5/h13,16H,7-12H2,1-6H3. The lowest BCUT2D eigenvalue weighted by Gasteiger charge is -2.31. The van der Waals surface area contributed by atoms with Crippen LogP contribution >= 0.6 is 0 Å². The maximum Gasteiger partial charge on any atom is 0.325 e. The summed E-state index contributed by atoms with van der Waals surface area (Å²) in [6, 6.07) is 0.249. The van der Waals surface area contributed by atoms with E-state index in [-0.39, 0.29) is 12.0 Å². The fourth-order valence-electron chi connectivity index (χ4n) is 2.39. The summed E-state index contributed by atoms with van der Waals surface area (Å²) in [5.74, 6) is -0.187. The number of nitrogens with one attached hydrogen (secondary N) is 1. The van der Waals surface area contributed by atoms with Crippen molar-refractivity contribution < 1.29 is 14.3 Å². The summed E-state index contributed by atoms with van der Waals surface area (Å²) in [5.41, 5.74) is -0.601. The SMILES string of the molecule is COCCCN(C)CCCC(C)(NC(C)C)C(=O)OC. The van der Waals surface area contributed by atoms with E-state index < -0.39 is 5.54 Å². The van der Waals surface area contributed by atoms with Crippen LogP contribution in [0.4, 0.5) is 0 Å². The average molecular weight is 288 g/mol. The first-order valence-corrected chi connectivity index (χ1v) is 7.39. The molecule has 0 bridgehead atoms. The number of carbonyl (C=O) groups excluding carboxylic acids is 1. The Kier molecular flexibility index (Phi) is 9.80. The van der Waals surface area contributed by atoms with Crippen molar-refractivity contribution in [2.75, 3.05) is 41.0 Å². The summed E-state index contributed by atoms with van der Waals surface area (Å²) in [4.78, 5) is 14.2. The van der Waals surface area contributed by atoms with E-state index in [0.717, 1.165) is 39.0 Å². The topological polar surface area (TPSA) is 50.8 Å². The largest absolute Gasteiger partial charge is 0.468 e. The van der Waals surface area contributed by atoms with Gasteiger partial charge in [-0.3, -0.25) is 10.1 Å². The van der Waals surface area contributed by atoms with Gasteiger partial charge in [0.25, 0.3) is 0 Å². The van der Waals surface area contributed by atoms with Crippen LogP contribution in [0.2, 0.25) is 0 Å². The van der Waals surface area contributed by atoms with Gasteiger partial charge in [-0.05, 0) is 53.6 Å². The number of hydrogen-bond donors (Lipinski definition) is 1. The minimum atomic E-state index is -0.601. The van der Waals surface area contributed by atoms with Crippen LogP contribution in [0.5, 0.6) is 0 Å². The molecule has 0 aromatic heterocycles. The predicted octanol–water partition coefficient (Wildman–Crippen LogP) is 1.66. The molecule has 0 aliphatic carbocycles. The molecule has 0 aromatic carbocycles. The van der Waals surface area contributed by atoms with E-state index in [4.69, 9.17) is 9.47 Å². The molecule has 0 radical (unpaired) electrons. The van der Waals surface area contributed by atoms with Crippen molar-refractivity contribution in [3.63, 3.8) is 0 Å². The van der Waals surface area contributed by atoms with Gasteiger partial charge in [-0.25, -0.2) is 0 Å². The van der Waals surface area contributed by atoms with Gasteiger partial charge in [0.1, 0.15) is 5.54 Å². The molecule has 0 heterocycles. The van der Waals surface area contributed by atoms with Gasteiger partial charge >= 0.3 is 5.97 Å². The summed E-state index contributed by atoms with van der Waals surface area (Å²) in [6.45, 7) is 8.77. The van der Waals surface area contributed by atoms with Gasteiger partial charge in [0.2, 0.25) is 0 Å². The smallest absolute Gasteiger partial charge is 0.325 e. The molecule has 5 nitrogen and oxygen atoms in total. The highest BCUT2D eigenvalue weighted by Crippen LogP contribution is 2.16. The quantitative estimate of drug-likeness (QED) is 0.463. The Morgan fingerprint density at radius 3 is 2.35 bits per heavy atom. The van der Waals surface area contributed by atoms with Gasteiger partial charge in [-0.1, -0.05) is 0 Å². The van der Waals surface area contributed by atoms with Gasteiger partial charge in [0.15, 0.2) is 0 Å². The van der Waals surface area contributed by atoms with Gasteiger partial charge in [0.05, 0.1) is 7.11 Å². The second kappa shape index (κ2) is 10.1. The highest BCUT2D eigenvalue weighted by Gasteiger charge is 2.34. The minimum absolute atomic E-state index is 0.187.